The van der Waals surface area contributed by atoms with Crippen LogP contribution in [0.15, 0.2) is 34.8 Å². The number of ketones is 2. The van der Waals surface area contributed by atoms with Crippen LogP contribution < -0.4 is 4.74 Å². The first-order chi connectivity index (χ1) is 14.9. The van der Waals surface area contributed by atoms with Gasteiger partial charge in [0.05, 0.1) is 17.5 Å². The molecule has 1 aromatic rings. The van der Waals surface area contributed by atoms with Crippen molar-refractivity contribution in [2.45, 2.75) is 72.6 Å². The topological polar surface area (TPSA) is 52.6 Å². The van der Waals surface area contributed by atoms with Crippen molar-refractivity contribution in [1.82, 2.24) is 0 Å². The number of ether oxygens (including phenoxy) is 2. The lowest BCUT2D eigenvalue weighted by atomic mass is 9.65. The number of carbonyl (C=O) groups excluding carboxylic acids is 2. The Hall–Kier alpha value is -1.78. The molecule has 0 spiro atoms. The van der Waals surface area contributed by atoms with Gasteiger partial charge in [0, 0.05) is 47.4 Å². The average Bonchev–Trinajstić information content (AvgIpc) is 2.63. The number of allylic oxidation sites excluding steroid dienone is 4. The fourth-order valence-corrected chi connectivity index (χ4v) is 5.70. The van der Waals surface area contributed by atoms with Crippen molar-refractivity contribution in [3.8, 4) is 5.75 Å². The van der Waals surface area contributed by atoms with Crippen molar-refractivity contribution < 1.29 is 19.1 Å². The third-order valence-electron chi connectivity index (χ3n) is 6.38. The van der Waals surface area contributed by atoms with Gasteiger partial charge in [0.2, 0.25) is 0 Å². The maximum atomic E-state index is 13.5. The minimum atomic E-state index is -0.580. The molecule has 0 amide bonds. The zero-order chi connectivity index (χ0) is 23.4. The molecular formula is C26H30Cl2O4. The molecule has 32 heavy (non-hydrogen) atoms. The summed E-state index contributed by atoms with van der Waals surface area (Å²) in [7, 11) is 0. The minimum Gasteiger partial charge on any atom is -0.492 e. The van der Waals surface area contributed by atoms with Gasteiger partial charge in [-0.1, -0.05) is 57.8 Å². The monoisotopic (exact) mass is 476 g/mol. The van der Waals surface area contributed by atoms with Crippen molar-refractivity contribution in [2.24, 2.45) is 10.8 Å². The molecule has 2 aliphatic carbocycles. The number of rotatable bonds is 4. The maximum absolute atomic E-state index is 13.5. The van der Waals surface area contributed by atoms with Crippen molar-refractivity contribution in [1.29, 1.82) is 0 Å². The van der Waals surface area contributed by atoms with Crippen LogP contribution in [0, 0.1) is 10.8 Å². The van der Waals surface area contributed by atoms with E-state index in [0.717, 1.165) is 6.42 Å². The van der Waals surface area contributed by atoms with E-state index in [1.54, 1.807) is 12.1 Å². The molecule has 0 saturated carbocycles. The smallest absolute Gasteiger partial charge is 0.163 e. The number of hydrogen-bond acceptors (Lipinski definition) is 4. The largest absolute Gasteiger partial charge is 0.492 e. The molecule has 4 nitrogen and oxygen atoms in total. The molecule has 0 fully saturated rings. The van der Waals surface area contributed by atoms with Gasteiger partial charge < -0.3 is 9.47 Å². The number of benzene rings is 1. The molecule has 0 unspecified atom stereocenters. The van der Waals surface area contributed by atoms with Crippen LogP contribution >= 0.6 is 23.2 Å². The van der Waals surface area contributed by atoms with E-state index >= 15 is 0 Å². The molecule has 0 bridgehead atoms. The van der Waals surface area contributed by atoms with Crippen LogP contribution in [0.3, 0.4) is 0 Å². The van der Waals surface area contributed by atoms with Crippen LogP contribution in [0.2, 0.25) is 10.0 Å². The maximum Gasteiger partial charge on any atom is 0.163 e. The van der Waals surface area contributed by atoms with Gasteiger partial charge in [-0.3, -0.25) is 9.59 Å². The Morgan fingerprint density at radius 2 is 1.47 bits per heavy atom. The van der Waals surface area contributed by atoms with Gasteiger partial charge in [-0.15, -0.1) is 0 Å². The summed E-state index contributed by atoms with van der Waals surface area (Å²) >= 11 is 13.0. The van der Waals surface area contributed by atoms with E-state index in [-0.39, 0.29) is 22.4 Å². The van der Waals surface area contributed by atoms with Crippen molar-refractivity contribution in [3.63, 3.8) is 0 Å². The summed E-state index contributed by atoms with van der Waals surface area (Å²) < 4.78 is 12.4. The summed E-state index contributed by atoms with van der Waals surface area (Å²) in [6.45, 7) is 10.8. The molecule has 0 aromatic heterocycles. The highest BCUT2D eigenvalue weighted by molar-refractivity contribution is 6.35. The predicted molar refractivity (Wildman–Crippen MR) is 126 cm³/mol. The summed E-state index contributed by atoms with van der Waals surface area (Å²) in [5, 5.41) is 0.820. The number of Topliss-reactive ketones (excluding diaryl/α,β-unsaturated/α-hetero) is 2. The summed E-state index contributed by atoms with van der Waals surface area (Å²) in [6.07, 6.45) is 2.86. The standard InChI is InChI=1S/C26H30Cl2O4/c1-6-7-31-24-15(8-14(27)9-16(24)28)21-22-17(29)10-25(2,3)12-19(22)32-20-13-26(4,5)11-18(30)23(20)21/h8-9,21H,6-7,10-13H2,1-5H3. The second-order valence-electron chi connectivity index (χ2n) is 10.7. The Labute approximate surface area is 199 Å². The first kappa shape index (κ1) is 23.4. The Morgan fingerprint density at radius 3 is 1.97 bits per heavy atom. The van der Waals surface area contributed by atoms with Crippen molar-refractivity contribution in [2.75, 3.05) is 6.61 Å². The highest BCUT2D eigenvalue weighted by Crippen LogP contribution is 2.55. The quantitative estimate of drug-likeness (QED) is 0.461. The SMILES string of the molecule is CCCOc1c(Cl)cc(Cl)cc1C1C2=C(CC(C)(C)CC2=O)OC2=C1C(=O)CC(C)(C)C2. The Kier molecular flexibility index (Phi) is 6.00. The fraction of sp³-hybridized carbons (Fsp3) is 0.538. The van der Waals surface area contributed by atoms with Gasteiger partial charge in [0.15, 0.2) is 11.6 Å². The molecule has 0 N–H and O–H groups in total. The van der Waals surface area contributed by atoms with Gasteiger partial charge in [0.25, 0.3) is 0 Å². The van der Waals surface area contributed by atoms with E-state index < -0.39 is 5.92 Å². The summed E-state index contributed by atoms with van der Waals surface area (Å²) in [5.74, 6) is 1.24. The molecule has 172 valence electrons. The lowest BCUT2D eigenvalue weighted by Crippen LogP contribution is -2.37. The first-order valence-corrected chi connectivity index (χ1v) is 12.0. The van der Waals surface area contributed by atoms with Crippen LogP contribution in [0.1, 0.15) is 78.2 Å². The minimum absolute atomic E-state index is 0.00275. The van der Waals surface area contributed by atoms with Gasteiger partial charge in [0.1, 0.15) is 17.3 Å². The molecule has 3 aliphatic rings. The Morgan fingerprint density at radius 1 is 0.938 bits per heavy atom. The lowest BCUT2D eigenvalue weighted by molar-refractivity contribution is -0.120. The zero-order valence-electron chi connectivity index (χ0n) is 19.4. The van der Waals surface area contributed by atoms with Crippen LogP contribution in [0.25, 0.3) is 0 Å². The Bertz CT molecular complexity index is 1010. The molecule has 0 saturated heterocycles. The molecule has 4 rings (SSSR count). The van der Waals surface area contributed by atoms with E-state index in [0.29, 0.717) is 76.3 Å². The van der Waals surface area contributed by atoms with E-state index in [9.17, 15) is 9.59 Å². The summed E-state index contributed by atoms with van der Waals surface area (Å²) in [5.41, 5.74) is 1.35. The average molecular weight is 477 g/mol. The third-order valence-corrected chi connectivity index (χ3v) is 6.88. The zero-order valence-corrected chi connectivity index (χ0v) is 20.9. The molecule has 1 heterocycles. The molecule has 0 radical (unpaired) electrons. The van der Waals surface area contributed by atoms with Crippen molar-refractivity contribution in [3.05, 3.63) is 50.4 Å². The molecule has 0 atom stereocenters. The van der Waals surface area contributed by atoms with E-state index in [1.165, 1.54) is 0 Å². The van der Waals surface area contributed by atoms with Crippen LogP contribution in [-0.4, -0.2) is 18.2 Å². The fourth-order valence-electron chi connectivity index (χ4n) is 5.14. The number of hydrogen-bond donors (Lipinski definition) is 0. The van der Waals surface area contributed by atoms with E-state index in [2.05, 4.69) is 27.7 Å². The second kappa shape index (κ2) is 8.22. The van der Waals surface area contributed by atoms with Gasteiger partial charge >= 0.3 is 0 Å². The van der Waals surface area contributed by atoms with Gasteiger partial charge in [-0.2, -0.15) is 0 Å². The van der Waals surface area contributed by atoms with Crippen LogP contribution in [-0.2, 0) is 14.3 Å². The van der Waals surface area contributed by atoms with E-state index in [4.69, 9.17) is 32.7 Å². The number of halogens is 2. The molecule has 6 heteroatoms. The first-order valence-electron chi connectivity index (χ1n) is 11.2. The highest BCUT2D eigenvalue weighted by atomic mass is 35.5. The van der Waals surface area contributed by atoms with E-state index in [1.807, 2.05) is 6.92 Å². The summed E-state index contributed by atoms with van der Waals surface area (Å²) in [4.78, 5) is 26.9. The van der Waals surface area contributed by atoms with Crippen LogP contribution in [0.5, 0.6) is 5.75 Å². The molecule has 1 aliphatic heterocycles. The normalized spacial score (nSPS) is 22.5. The predicted octanol–water partition coefficient (Wildman–Crippen LogP) is 7.18. The van der Waals surface area contributed by atoms with Crippen molar-refractivity contribution >= 4 is 34.8 Å². The summed E-state index contributed by atoms with van der Waals surface area (Å²) in [6, 6.07) is 3.42. The van der Waals surface area contributed by atoms with Gasteiger partial charge in [-0.25, -0.2) is 0 Å². The third kappa shape index (κ3) is 4.24. The number of carbonyl (C=O) groups is 2. The molecule has 1 aromatic carbocycles. The Balaban J connectivity index is 1.97. The van der Waals surface area contributed by atoms with Gasteiger partial charge in [-0.05, 0) is 29.4 Å². The van der Waals surface area contributed by atoms with Crippen LogP contribution in [0.4, 0.5) is 0 Å². The second-order valence-corrected chi connectivity index (χ2v) is 11.6. The lowest BCUT2D eigenvalue weighted by Gasteiger charge is -2.43. The molecular weight excluding hydrogens is 447 g/mol. The highest BCUT2D eigenvalue weighted by Gasteiger charge is 2.48.